The number of rotatable bonds is 1. The van der Waals surface area contributed by atoms with E-state index in [0.717, 1.165) is 23.2 Å². The summed E-state index contributed by atoms with van der Waals surface area (Å²) in [5, 5.41) is 0.440. The van der Waals surface area contributed by atoms with Gasteiger partial charge in [-0.3, -0.25) is 0 Å². The second kappa shape index (κ2) is 6.12. The molecule has 0 radical (unpaired) electrons. The zero-order valence-electron chi connectivity index (χ0n) is 13.7. The van der Waals surface area contributed by atoms with Gasteiger partial charge in [0.15, 0.2) is 0 Å². The van der Waals surface area contributed by atoms with Crippen LogP contribution in [-0.4, -0.2) is 34.1 Å². The zero-order valence-corrected chi connectivity index (χ0v) is 14.5. The monoisotopic (exact) mass is 352 g/mol. The molecule has 1 aromatic carbocycles. The van der Waals surface area contributed by atoms with Gasteiger partial charge in [0.25, 0.3) is 0 Å². The third-order valence-corrected chi connectivity index (χ3v) is 4.47. The van der Waals surface area contributed by atoms with E-state index in [-0.39, 0.29) is 0 Å². The molecule has 0 bridgehead atoms. The van der Waals surface area contributed by atoms with Crippen molar-refractivity contribution in [3.63, 3.8) is 0 Å². The minimum atomic E-state index is -0.637. The first kappa shape index (κ1) is 16.8. The molecule has 0 saturated carbocycles. The van der Waals surface area contributed by atoms with E-state index in [1.54, 1.807) is 4.90 Å². The van der Waals surface area contributed by atoms with Crippen molar-refractivity contribution in [2.45, 2.75) is 32.8 Å². The summed E-state index contributed by atoms with van der Waals surface area (Å²) in [4.78, 5) is 13.8. The molecule has 3 rings (SSSR count). The highest BCUT2D eigenvalue weighted by molar-refractivity contribution is 7.13. The van der Waals surface area contributed by atoms with Crippen LogP contribution in [0.5, 0.6) is 0 Å². The SMILES string of the molecule is CC(C)(C)OC(=O)N1CCC=C(c2nsc3c(F)cc(F)cc23)C1. The quantitative estimate of drug-likeness (QED) is 0.753. The molecule has 2 heterocycles. The van der Waals surface area contributed by atoms with Gasteiger partial charge in [0.1, 0.15) is 17.2 Å². The molecule has 128 valence electrons. The van der Waals surface area contributed by atoms with Gasteiger partial charge in [-0.05, 0) is 50.4 Å². The number of aromatic nitrogens is 1. The van der Waals surface area contributed by atoms with Crippen molar-refractivity contribution in [1.29, 1.82) is 0 Å². The molecular formula is C17H18F2N2O2S. The molecule has 24 heavy (non-hydrogen) atoms. The molecule has 1 amide bonds. The van der Waals surface area contributed by atoms with Gasteiger partial charge >= 0.3 is 6.09 Å². The second-order valence-corrected chi connectivity index (χ2v) is 7.49. The maximum atomic E-state index is 13.8. The van der Waals surface area contributed by atoms with Crippen LogP contribution in [0, 0.1) is 11.6 Å². The van der Waals surface area contributed by atoms with E-state index in [9.17, 15) is 13.6 Å². The Bertz CT molecular complexity index is 824. The fraction of sp³-hybridized carbons (Fsp3) is 0.412. The Balaban J connectivity index is 1.88. The normalized spacial score (nSPS) is 15.5. The van der Waals surface area contributed by atoms with E-state index < -0.39 is 23.3 Å². The first-order chi connectivity index (χ1) is 11.2. The molecule has 1 aromatic heterocycles. The third-order valence-electron chi connectivity index (χ3n) is 3.60. The minimum Gasteiger partial charge on any atom is -0.444 e. The highest BCUT2D eigenvalue weighted by atomic mass is 32.1. The third kappa shape index (κ3) is 3.40. The molecule has 7 heteroatoms. The van der Waals surface area contributed by atoms with Gasteiger partial charge in [-0.2, -0.15) is 4.37 Å². The Hall–Kier alpha value is -2.02. The maximum absolute atomic E-state index is 13.8. The molecule has 1 aliphatic heterocycles. The van der Waals surface area contributed by atoms with Crippen molar-refractivity contribution in [1.82, 2.24) is 9.27 Å². The van der Waals surface area contributed by atoms with Crippen molar-refractivity contribution in [3.8, 4) is 0 Å². The van der Waals surface area contributed by atoms with Crippen molar-refractivity contribution < 1.29 is 18.3 Å². The van der Waals surface area contributed by atoms with Crippen molar-refractivity contribution in [2.24, 2.45) is 0 Å². The lowest BCUT2D eigenvalue weighted by Gasteiger charge is -2.30. The molecule has 0 spiro atoms. The molecule has 2 aromatic rings. The molecule has 0 aliphatic carbocycles. The number of halogens is 2. The predicted octanol–water partition coefficient (Wildman–Crippen LogP) is 4.60. The van der Waals surface area contributed by atoms with Gasteiger partial charge in [0, 0.05) is 18.0 Å². The molecule has 0 saturated heterocycles. The van der Waals surface area contributed by atoms with Crippen LogP contribution in [0.1, 0.15) is 32.9 Å². The van der Waals surface area contributed by atoms with E-state index >= 15 is 0 Å². The van der Waals surface area contributed by atoms with Gasteiger partial charge in [-0.25, -0.2) is 13.6 Å². The highest BCUT2D eigenvalue weighted by Crippen LogP contribution is 2.32. The molecule has 1 aliphatic rings. The van der Waals surface area contributed by atoms with Gasteiger partial charge < -0.3 is 9.64 Å². The predicted molar refractivity (Wildman–Crippen MR) is 89.9 cm³/mol. The highest BCUT2D eigenvalue weighted by Gasteiger charge is 2.26. The molecule has 0 N–H and O–H groups in total. The number of ether oxygens (including phenoxy) is 1. The number of benzene rings is 1. The number of amides is 1. The Labute approximate surface area is 142 Å². The van der Waals surface area contributed by atoms with Gasteiger partial charge in [-0.15, -0.1) is 0 Å². The number of carbonyl (C=O) groups is 1. The Morgan fingerprint density at radius 2 is 2.08 bits per heavy atom. The lowest BCUT2D eigenvalue weighted by Crippen LogP contribution is -2.39. The van der Waals surface area contributed by atoms with Gasteiger partial charge in [0.2, 0.25) is 0 Å². The number of carbonyl (C=O) groups excluding carboxylic acids is 1. The standard InChI is InChI=1S/C17H18F2N2O2S/c1-17(2,3)23-16(22)21-6-4-5-10(9-21)14-12-7-11(18)8-13(19)15(12)24-20-14/h5,7-8H,4,6,9H2,1-3H3. The van der Waals surface area contributed by atoms with Crippen LogP contribution in [0.15, 0.2) is 18.2 Å². The lowest BCUT2D eigenvalue weighted by atomic mass is 10.0. The van der Waals surface area contributed by atoms with Crippen molar-refractivity contribution >= 4 is 33.3 Å². The maximum Gasteiger partial charge on any atom is 0.410 e. The van der Waals surface area contributed by atoms with E-state index in [1.165, 1.54) is 6.07 Å². The summed E-state index contributed by atoms with van der Waals surface area (Å²) in [6.45, 7) is 6.29. The van der Waals surface area contributed by atoms with E-state index in [0.29, 0.717) is 35.3 Å². The van der Waals surface area contributed by atoms with E-state index in [2.05, 4.69) is 4.37 Å². The summed E-state index contributed by atoms with van der Waals surface area (Å²) >= 11 is 0.995. The summed E-state index contributed by atoms with van der Waals surface area (Å²) in [5.74, 6) is -1.25. The van der Waals surface area contributed by atoms with Crippen molar-refractivity contribution in [3.05, 3.63) is 35.5 Å². The topological polar surface area (TPSA) is 42.4 Å². The number of fused-ring (bicyclic) bond motifs is 1. The summed E-state index contributed by atoms with van der Waals surface area (Å²) in [7, 11) is 0. The average molecular weight is 352 g/mol. The van der Waals surface area contributed by atoms with Crippen LogP contribution in [0.2, 0.25) is 0 Å². The molecule has 0 fully saturated rings. The van der Waals surface area contributed by atoms with Gasteiger partial charge in [-0.1, -0.05) is 6.08 Å². The minimum absolute atomic E-state index is 0.311. The summed E-state index contributed by atoms with van der Waals surface area (Å²) in [5.41, 5.74) is 0.739. The first-order valence-electron chi connectivity index (χ1n) is 7.66. The Kier molecular flexibility index (Phi) is 4.29. The van der Waals surface area contributed by atoms with Crippen LogP contribution in [0.4, 0.5) is 13.6 Å². The number of hydrogen-bond acceptors (Lipinski definition) is 4. The fourth-order valence-electron chi connectivity index (χ4n) is 2.60. The summed E-state index contributed by atoms with van der Waals surface area (Å²) in [6, 6.07) is 2.14. The van der Waals surface area contributed by atoms with Crippen LogP contribution < -0.4 is 0 Å². The van der Waals surface area contributed by atoms with Crippen LogP contribution in [-0.2, 0) is 4.74 Å². The van der Waals surface area contributed by atoms with Crippen LogP contribution >= 0.6 is 11.5 Å². The van der Waals surface area contributed by atoms with Crippen LogP contribution in [0.25, 0.3) is 15.7 Å². The molecule has 0 atom stereocenters. The summed E-state index contributed by atoms with van der Waals surface area (Å²) in [6.07, 6.45) is 2.20. The van der Waals surface area contributed by atoms with E-state index in [4.69, 9.17) is 4.74 Å². The fourth-order valence-corrected chi connectivity index (χ4v) is 3.40. The smallest absolute Gasteiger partial charge is 0.410 e. The van der Waals surface area contributed by atoms with Gasteiger partial charge in [0.05, 0.1) is 16.9 Å². The lowest BCUT2D eigenvalue weighted by molar-refractivity contribution is 0.0273. The Morgan fingerprint density at radius 1 is 1.33 bits per heavy atom. The number of hydrogen-bond donors (Lipinski definition) is 0. The largest absolute Gasteiger partial charge is 0.444 e. The molecule has 0 unspecified atom stereocenters. The summed E-state index contributed by atoms with van der Waals surface area (Å²) < 4.78 is 37.4. The zero-order chi connectivity index (χ0) is 17.5. The average Bonchev–Trinajstić information content (AvgIpc) is 2.89. The van der Waals surface area contributed by atoms with Crippen molar-refractivity contribution in [2.75, 3.05) is 13.1 Å². The van der Waals surface area contributed by atoms with Crippen LogP contribution in [0.3, 0.4) is 0 Å². The Morgan fingerprint density at radius 3 is 2.79 bits per heavy atom. The number of nitrogens with zero attached hydrogens (tertiary/aromatic N) is 2. The second-order valence-electron chi connectivity index (χ2n) is 6.72. The molecular weight excluding hydrogens is 334 g/mol. The molecule has 4 nitrogen and oxygen atoms in total. The van der Waals surface area contributed by atoms with E-state index in [1.807, 2.05) is 26.8 Å². The first-order valence-corrected chi connectivity index (χ1v) is 8.44.